The van der Waals surface area contributed by atoms with Crippen LogP contribution in [0, 0.1) is 6.92 Å². The maximum absolute atomic E-state index is 13.3. The van der Waals surface area contributed by atoms with Gasteiger partial charge in [0.05, 0.1) is 23.4 Å². The number of nitrogens with zero attached hydrogens (tertiary/aromatic N) is 3. The Morgan fingerprint density at radius 3 is 3.00 bits per heavy atom. The highest BCUT2D eigenvalue weighted by Gasteiger charge is 2.28. The maximum atomic E-state index is 13.3. The van der Waals surface area contributed by atoms with Crippen LogP contribution in [-0.4, -0.2) is 48.1 Å². The number of hydrogen-bond acceptors (Lipinski definition) is 6. The van der Waals surface area contributed by atoms with Gasteiger partial charge in [-0.25, -0.2) is 4.98 Å². The zero-order valence-electron chi connectivity index (χ0n) is 17.8. The zero-order valence-corrected chi connectivity index (χ0v) is 19.4. The van der Waals surface area contributed by atoms with E-state index in [1.165, 1.54) is 10.4 Å². The molecule has 0 unspecified atom stereocenters. The van der Waals surface area contributed by atoms with Gasteiger partial charge < -0.3 is 9.64 Å². The second-order valence-corrected chi connectivity index (χ2v) is 10.4. The van der Waals surface area contributed by atoms with Crippen LogP contribution in [0.4, 0.5) is 5.69 Å². The fourth-order valence-electron chi connectivity index (χ4n) is 4.48. The molecule has 0 N–H and O–H groups in total. The molecule has 0 bridgehead atoms. The highest BCUT2D eigenvalue weighted by atomic mass is 32.1. The number of thiazole rings is 1. The summed E-state index contributed by atoms with van der Waals surface area (Å²) in [5.74, 6) is 0.172. The highest BCUT2D eigenvalue weighted by molar-refractivity contribution is 7.10. The van der Waals surface area contributed by atoms with E-state index < -0.39 is 0 Å². The highest BCUT2D eigenvalue weighted by Crippen LogP contribution is 2.33. The van der Waals surface area contributed by atoms with Gasteiger partial charge in [0.1, 0.15) is 0 Å². The minimum Gasteiger partial charge on any atom is -0.377 e. The molecular formula is C24H27N3O2S2. The van der Waals surface area contributed by atoms with Gasteiger partial charge in [-0.2, -0.15) is 0 Å². The summed E-state index contributed by atoms with van der Waals surface area (Å²) < 4.78 is 5.85. The Bertz CT molecular complexity index is 1040. The molecule has 7 heteroatoms. The molecule has 1 saturated heterocycles. The molecular weight excluding hydrogens is 426 g/mol. The van der Waals surface area contributed by atoms with E-state index in [2.05, 4.69) is 51.0 Å². The molecule has 5 rings (SSSR count). The summed E-state index contributed by atoms with van der Waals surface area (Å²) in [7, 11) is 0. The van der Waals surface area contributed by atoms with Crippen LogP contribution in [0.5, 0.6) is 0 Å². The molecule has 1 amide bonds. The van der Waals surface area contributed by atoms with Crippen LogP contribution in [-0.2, 0) is 22.5 Å². The van der Waals surface area contributed by atoms with Crippen molar-refractivity contribution in [1.29, 1.82) is 0 Å². The Labute approximate surface area is 191 Å². The first-order valence-corrected chi connectivity index (χ1v) is 12.6. The second kappa shape index (κ2) is 9.20. The van der Waals surface area contributed by atoms with Crippen molar-refractivity contribution >= 4 is 34.3 Å². The third kappa shape index (κ3) is 4.75. The van der Waals surface area contributed by atoms with Crippen LogP contribution in [0.25, 0.3) is 11.3 Å². The second-order valence-electron chi connectivity index (χ2n) is 8.27. The lowest BCUT2D eigenvalue weighted by atomic mass is 10.1. The number of aryl methyl sites for hydroxylation is 1. The Morgan fingerprint density at radius 1 is 1.32 bits per heavy atom. The van der Waals surface area contributed by atoms with Crippen molar-refractivity contribution in [2.75, 3.05) is 31.1 Å². The van der Waals surface area contributed by atoms with E-state index in [-0.39, 0.29) is 12.0 Å². The van der Waals surface area contributed by atoms with E-state index in [0.29, 0.717) is 6.54 Å². The topological polar surface area (TPSA) is 45.7 Å². The van der Waals surface area contributed by atoms with Gasteiger partial charge in [0, 0.05) is 47.7 Å². The molecule has 2 aromatic heterocycles. The van der Waals surface area contributed by atoms with Crippen molar-refractivity contribution in [3.05, 3.63) is 56.5 Å². The van der Waals surface area contributed by atoms with Crippen LogP contribution < -0.4 is 4.90 Å². The molecule has 2 aliphatic rings. The third-order valence-electron chi connectivity index (χ3n) is 6.00. The molecule has 0 aliphatic carbocycles. The Balaban J connectivity index is 1.30. The van der Waals surface area contributed by atoms with E-state index >= 15 is 0 Å². The van der Waals surface area contributed by atoms with Crippen molar-refractivity contribution in [2.45, 2.75) is 38.8 Å². The molecule has 162 valence electrons. The van der Waals surface area contributed by atoms with Crippen LogP contribution in [0.2, 0.25) is 0 Å². The van der Waals surface area contributed by atoms with E-state index in [1.54, 1.807) is 22.7 Å². The SMILES string of the molecule is Cc1nc(-c2ccc3c(c2)CCN3C(=O)CN(Cc2cccs2)C[C@H]2CCCO2)cs1. The van der Waals surface area contributed by atoms with Gasteiger partial charge in [0.15, 0.2) is 0 Å². The van der Waals surface area contributed by atoms with Crippen molar-refractivity contribution in [3.8, 4) is 11.3 Å². The largest absolute Gasteiger partial charge is 0.377 e. The lowest BCUT2D eigenvalue weighted by Crippen LogP contribution is -2.42. The van der Waals surface area contributed by atoms with E-state index in [0.717, 1.165) is 67.5 Å². The number of carbonyl (C=O) groups is 1. The summed E-state index contributed by atoms with van der Waals surface area (Å²) in [5.41, 5.74) is 4.44. The zero-order chi connectivity index (χ0) is 21.2. The molecule has 1 atom stereocenters. The first kappa shape index (κ1) is 20.8. The predicted octanol–water partition coefficient (Wildman–Crippen LogP) is 4.75. The first-order valence-electron chi connectivity index (χ1n) is 10.9. The van der Waals surface area contributed by atoms with Crippen LogP contribution in [0.1, 0.15) is 28.3 Å². The summed E-state index contributed by atoms with van der Waals surface area (Å²) >= 11 is 3.41. The number of benzene rings is 1. The minimum absolute atomic E-state index is 0.172. The summed E-state index contributed by atoms with van der Waals surface area (Å²) in [6, 6.07) is 10.6. The van der Waals surface area contributed by atoms with Crippen molar-refractivity contribution < 1.29 is 9.53 Å². The van der Waals surface area contributed by atoms with E-state index in [9.17, 15) is 4.79 Å². The average molecular weight is 454 g/mol. The Hall–Kier alpha value is -2.06. The summed E-state index contributed by atoms with van der Waals surface area (Å²) in [6.07, 6.45) is 3.34. The number of fused-ring (bicyclic) bond motifs is 1. The Kier molecular flexibility index (Phi) is 6.18. The smallest absolute Gasteiger partial charge is 0.241 e. The summed E-state index contributed by atoms with van der Waals surface area (Å²) in [4.78, 5) is 23.4. The van der Waals surface area contributed by atoms with E-state index in [4.69, 9.17) is 4.74 Å². The van der Waals surface area contributed by atoms with Crippen molar-refractivity contribution in [3.63, 3.8) is 0 Å². The molecule has 1 aromatic carbocycles. The number of anilines is 1. The lowest BCUT2D eigenvalue weighted by molar-refractivity contribution is -0.120. The number of rotatable bonds is 7. The number of hydrogen-bond donors (Lipinski definition) is 0. The number of aromatic nitrogens is 1. The standard InChI is InChI=1S/C24H27N3O2S2/c1-17-25-22(16-31-17)18-6-7-23-19(12-18)8-9-27(23)24(28)15-26(13-20-4-2-10-29-20)14-21-5-3-11-30-21/h3,5-7,11-12,16,20H,2,4,8-10,13-15H2,1H3/t20-/m1/s1. The predicted molar refractivity (Wildman–Crippen MR) is 127 cm³/mol. The third-order valence-corrected chi connectivity index (χ3v) is 7.63. The summed E-state index contributed by atoms with van der Waals surface area (Å²) in [6.45, 7) is 5.65. The van der Waals surface area contributed by atoms with Gasteiger partial charge in [-0.15, -0.1) is 22.7 Å². The molecule has 0 spiro atoms. The fraction of sp³-hybridized carbons (Fsp3) is 0.417. The van der Waals surface area contributed by atoms with Gasteiger partial charge >= 0.3 is 0 Å². The van der Waals surface area contributed by atoms with Gasteiger partial charge in [-0.05, 0) is 55.3 Å². The Morgan fingerprint density at radius 2 is 2.26 bits per heavy atom. The van der Waals surface area contributed by atoms with Gasteiger partial charge in [0.2, 0.25) is 5.91 Å². The molecule has 3 aromatic rings. The molecule has 2 aliphatic heterocycles. The molecule has 5 nitrogen and oxygen atoms in total. The fourth-order valence-corrected chi connectivity index (χ4v) is 5.85. The number of amides is 1. The number of carbonyl (C=O) groups excluding carboxylic acids is 1. The molecule has 4 heterocycles. The minimum atomic E-state index is 0.172. The van der Waals surface area contributed by atoms with Gasteiger partial charge in [-0.1, -0.05) is 12.1 Å². The van der Waals surface area contributed by atoms with Crippen LogP contribution in [0.15, 0.2) is 41.1 Å². The average Bonchev–Trinajstić information content (AvgIpc) is 3.55. The monoisotopic (exact) mass is 453 g/mol. The number of thiophene rings is 1. The normalized spacial score (nSPS) is 18.1. The molecule has 1 fully saturated rings. The van der Waals surface area contributed by atoms with E-state index in [1.807, 2.05) is 11.8 Å². The number of ether oxygens (including phenoxy) is 1. The molecule has 0 saturated carbocycles. The maximum Gasteiger partial charge on any atom is 0.241 e. The summed E-state index contributed by atoms with van der Waals surface area (Å²) in [5, 5.41) is 5.27. The van der Waals surface area contributed by atoms with Gasteiger partial charge in [-0.3, -0.25) is 9.69 Å². The van der Waals surface area contributed by atoms with Gasteiger partial charge in [0.25, 0.3) is 0 Å². The lowest BCUT2D eigenvalue weighted by Gasteiger charge is -2.27. The molecule has 0 radical (unpaired) electrons. The quantitative estimate of drug-likeness (QED) is 0.518. The first-order chi connectivity index (χ1) is 15.2. The van der Waals surface area contributed by atoms with Crippen molar-refractivity contribution in [2.24, 2.45) is 0 Å². The molecule has 31 heavy (non-hydrogen) atoms. The van der Waals surface area contributed by atoms with Crippen LogP contribution >= 0.6 is 22.7 Å². The van der Waals surface area contributed by atoms with Crippen molar-refractivity contribution in [1.82, 2.24) is 9.88 Å². The van der Waals surface area contributed by atoms with Crippen LogP contribution in [0.3, 0.4) is 0 Å².